The van der Waals surface area contributed by atoms with Crippen molar-refractivity contribution in [2.45, 2.75) is 11.4 Å². The second-order valence-corrected chi connectivity index (χ2v) is 7.94. The van der Waals surface area contributed by atoms with E-state index in [1.54, 1.807) is 12.1 Å². The van der Waals surface area contributed by atoms with Crippen LogP contribution in [0.4, 0.5) is 4.39 Å². The van der Waals surface area contributed by atoms with Gasteiger partial charge in [-0.3, -0.25) is 9.36 Å². The first-order valence-corrected chi connectivity index (χ1v) is 9.54. The molecule has 0 bridgehead atoms. The van der Waals surface area contributed by atoms with Gasteiger partial charge in [0.1, 0.15) is 5.82 Å². The molecule has 3 aromatic rings. The SMILES string of the molecule is O=c1c2cc(F)ccc2ncn1CCNS(=O)(=O)c1ccc(Br)cc1. The Bertz CT molecular complexity index is 1080. The van der Waals surface area contributed by atoms with Crippen LogP contribution >= 0.6 is 15.9 Å². The van der Waals surface area contributed by atoms with Crippen LogP contribution in [0.1, 0.15) is 0 Å². The van der Waals surface area contributed by atoms with Crippen molar-refractivity contribution in [3.63, 3.8) is 0 Å². The van der Waals surface area contributed by atoms with Crippen LogP contribution in [0.25, 0.3) is 10.9 Å². The highest BCUT2D eigenvalue weighted by molar-refractivity contribution is 9.10. The lowest BCUT2D eigenvalue weighted by molar-refractivity contribution is 0.569. The summed E-state index contributed by atoms with van der Waals surface area (Å²) in [6.45, 7) is 0.0782. The number of fused-ring (bicyclic) bond motifs is 1. The molecule has 0 aliphatic carbocycles. The van der Waals surface area contributed by atoms with Crippen LogP contribution in [-0.2, 0) is 16.6 Å². The van der Waals surface area contributed by atoms with Gasteiger partial charge < -0.3 is 0 Å². The third kappa shape index (κ3) is 3.94. The normalized spacial score (nSPS) is 11.8. The zero-order chi connectivity index (χ0) is 18.0. The van der Waals surface area contributed by atoms with E-state index in [9.17, 15) is 17.6 Å². The minimum absolute atomic E-state index is 0.000800. The maximum Gasteiger partial charge on any atom is 0.261 e. The van der Waals surface area contributed by atoms with E-state index < -0.39 is 21.4 Å². The van der Waals surface area contributed by atoms with Gasteiger partial charge in [0.25, 0.3) is 5.56 Å². The molecule has 130 valence electrons. The number of sulfonamides is 1. The van der Waals surface area contributed by atoms with Gasteiger partial charge in [0.05, 0.1) is 22.1 Å². The van der Waals surface area contributed by atoms with Crippen LogP contribution in [0.3, 0.4) is 0 Å². The first-order chi connectivity index (χ1) is 11.9. The van der Waals surface area contributed by atoms with E-state index in [2.05, 4.69) is 25.6 Å². The molecule has 0 aliphatic heterocycles. The minimum Gasteiger partial charge on any atom is -0.297 e. The average Bonchev–Trinajstić information content (AvgIpc) is 2.58. The number of aromatic nitrogens is 2. The average molecular weight is 426 g/mol. The Morgan fingerprint density at radius 3 is 2.60 bits per heavy atom. The molecule has 0 radical (unpaired) electrons. The van der Waals surface area contributed by atoms with Crippen LogP contribution in [-0.4, -0.2) is 24.5 Å². The lowest BCUT2D eigenvalue weighted by Gasteiger charge is -2.09. The molecule has 0 fully saturated rings. The maximum absolute atomic E-state index is 13.3. The Balaban J connectivity index is 1.76. The van der Waals surface area contributed by atoms with Gasteiger partial charge in [-0.2, -0.15) is 0 Å². The molecule has 1 heterocycles. The molecule has 0 saturated carbocycles. The summed E-state index contributed by atoms with van der Waals surface area (Å²) in [5.41, 5.74) is -0.0366. The van der Waals surface area contributed by atoms with Crippen molar-refractivity contribution in [2.24, 2.45) is 0 Å². The van der Waals surface area contributed by atoms with E-state index in [4.69, 9.17) is 0 Å². The zero-order valence-electron chi connectivity index (χ0n) is 12.8. The van der Waals surface area contributed by atoms with Crippen molar-refractivity contribution in [3.8, 4) is 0 Å². The quantitative estimate of drug-likeness (QED) is 0.679. The number of rotatable bonds is 5. The van der Waals surface area contributed by atoms with Gasteiger partial charge in [0.15, 0.2) is 0 Å². The molecule has 0 atom stereocenters. The largest absolute Gasteiger partial charge is 0.297 e. The molecule has 25 heavy (non-hydrogen) atoms. The smallest absolute Gasteiger partial charge is 0.261 e. The molecule has 9 heteroatoms. The third-order valence-electron chi connectivity index (χ3n) is 3.55. The Kier molecular flexibility index (Phi) is 4.98. The van der Waals surface area contributed by atoms with E-state index in [1.807, 2.05) is 0 Å². The van der Waals surface area contributed by atoms with Gasteiger partial charge in [-0.15, -0.1) is 0 Å². The summed E-state index contributed by atoms with van der Waals surface area (Å²) in [6.07, 6.45) is 1.32. The number of hydrogen-bond acceptors (Lipinski definition) is 4. The van der Waals surface area contributed by atoms with Gasteiger partial charge in [-0.1, -0.05) is 15.9 Å². The summed E-state index contributed by atoms with van der Waals surface area (Å²) in [5, 5.41) is 0.151. The van der Waals surface area contributed by atoms with Crippen LogP contribution in [0.2, 0.25) is 0 Å². The van der Waals surface area contributed by atoms with Gasteiger partial charge >= 0.3 is 0 Å². The second kappa shape index (κ2) is 7.03. The van der Waals surface area contributed by atoms with Crippen molar-refractivity contribution >= 4 is 36.9 Å². The summed E-state index contributed by atoms with van der Waals surface area (Å²) in [4.78, 5) is 16.5. The maximum atomic E-state index is 13.3. The Morgan fingerprint density at radius 2 is 1.88 bits per heavy atom. The molecule has 0 amide bonds. The van der Waals surface area contributed by atoms with Crippen molar-refractivity contribution in [1.29, 1.82) is 0 Å². The Labute approximate surface area is 151 Å². The zero-order valence-corrected chi connectivity index (χ0v) is 15.2. The molecule has 2 aromatic carbocycles. The van der Waals surface area contributed by atoms with Gasteiger partial charge in [-0.25, -0.2) is 22.5 Å². The van der Waals surface area contributed by atoms with Gasteiger partial charge in [0.2, 0.25) is 10.0 Å². The first-order valence-electron chi connectivity index (χ1n) is 7.27. The monoisotopic (exact) mass is 425 g/mol. The fraction of sp³-hybridized carbons (Fsp3) is 0.125. The van der Waals surface area contributed by atoms with Crippen LogP contribution in [0.5, 0.6) is 0 Å². The van der Waals surface area contributed by atoms with Crippen LogP contribution in [0, 0.1) is 5.82 Å². The lowest BCUT2D eigenvalue weighted by atomic mass is 10.2. The summed E-state index contributed by atoms with van der Waals surface area (Å²) in [6, 6.07) is 9.96. The molecular formula is C16H13BrFN3O3S. The van der Waals surface area contributed by atoms with Gasteiger partial charge in [-0.05, 0) is 42.5 Å². The highest BCUT2D eigenvalue weighted by atomic mass is 79.9. The van der Waals surface area contributed by atoms with Crippen LogP contribution < -0.4 is 10.3 Å². The second-order valence-electron chi connectivity index (χ2n) is 5.26. The number of nitrogens with one attached hydrogen (secondary N) is 1. The molecular weight excluding hydrogens is 413 g/mol. The van der Waals surface area contributed by atoms with Gasteiger partial charge in [0, 0.05) is 17.6 Å². The summed E-state index contributed by atoms with van der Waals surface area (Å²) < 4.78 is 42.1. The van der Waals surface area contributed by atoms with Crippen LogP contribution in [0.15, 0.2) is 63.0 Å². The summed E-state index contributed by atoms with van der Waals surface area (Å²) in [7, 11) is -3.68. The molecule has 0 saturated heterocycles. The number of nitrogens with zero attached hydrogens (tertiary/aromatic N) is 2. The molecule has 1 aromatic heterocycles. The predicted molar refractivity (Wildman–Crippen MR) is 95.3 cm³/mol. The summed E-state index contributed by atoms with van der Waals surface area (Å²) in [5.74, 6) is -0.528. The van der Waals surface area contributed by atoms with E-state index in [1.165, 1.54) is 35.2 Å². The molecule has 1 N–H and O–H groups in total. The van der Waals surface area contributed by atoms with Crippen molar-refractivity contribution in [1.82, 2.24) is 14.3 Å². The van der Waals surface area contributed by atoms with E-state index in [0.717, 1.165) is 10.5 Å². The van der Waals surface area contributed by atoms with E-state index >= 15 is 0 Å². The Hall–Kier alpha value is -2.10. The molecule has 0 aliphatic rings. The van der Waals surface area contributed by atoms with Crippen molar-refractivity contribution < 1.29 is 12.8 Å². The summed E-state index contributed by atoms with van der Waals surface area (Å²) >= 11 is 3.24. The standard InChI is InChI=1S/C16H13BrFN3O3S/c17-11-1-4-13(5-2-11)25(23,24)20-7-8-21-10-19-15-6-3-12(18)9-14(15)16(21)22/h1-6,9-10,20H,7-8H2. The van der Waals surface area contributed by atoms with E-state index in [0.29, 0.717) is 5.52 Å². The molecule has 0 spiro atoms. The minimum atomic E-state index is -3.68. The molecule has 0 unspecified atom stereocenters. The molecule has 3 rings (SSSR count). The van der Waals surface area contributed by atoms with Crippen molar-refractivity contribution in [3.05, 3.63) is 69.4 Å². The first kappa shape index (κ1) is 17.7. The number of halogens is 2. The fourth-order valence-corrected chi connectivity index (χ4v) is 3.57. The van der Waals surface area contributed by atoms with E-state index in [-0.39, 0.29) is 23.4 Å². The topological polar surface area (TPSA) is 81.1 Å². The lowest BCUT2D eigenvalue weighted by Crippen LogP contribution is -2.31. The highest BCUT2D eigenvalue weighted by Gasteiger charge is 2.13. The molecule has 6 nitrogen and oxygen atoms in total. The number of hydrogen-bond donors (Lipinski definition) is 1. The Morgan fingerprint density at radius 1 is 1.16 bits per heavy atom. The predicted octanol–water partition coefficient (Wildman–Crippen LogP) is 2.28. The van der Waals surface area contributed by atoms with Crippen molar-refractivity contribution in [2.75, 3.05) is 6.54 Å². The number of benzene rings is 2. The third-order valence-corrected chi connectivity index (χ3v) is 5.56. The fourth-order valence-electron chi connectivity index (χ4n) is 2.29. The highest BCUT2D eigenvalue weighted by Crippen LogP contribution is 2.14.